The Labute approximate surface area is 96.6 Å². The van der Waals surface area contributed by atoms with Crippen LogP contribution in [-0.2, 0) is 9.59 Å². The number of carboxylic acids is 1. The number of carbonyl (C=O) groups is 2. The zero-order valence-electron chi connectivity index (χ0n) is 10.6. The summed E-state index contributed by atoms with van der Waals surface area (Å²) in [5.74, 6) is -0.944. The Morgan fingerprint density at radius 1 is 1.31 bits per heavy atom. The van der Waals surface area contributed by atoms with Crippen LogP contribution in [-0.4, -0.2) is 35.6 Å². The zero-order valence-corrected chi connectivity index (χ0v) is 10.6. The summed E-state index contributed by atoms with van der Waals surface area (Å²) in [7, 11) is 1.69. The summed E-state index contributed by atoms with van der Waals surface area (Å²) in [6.45, 7) is 6.96. The first kappa shape index (κ1) is 14.9. The predicted octanol–water partition coefficient (Wildman–Crippen LogP) is 0.600. The van der Waals surface area contributed by atoms with Crippen molar-refractivity contribution in [2.45, 2.75) is 45.7 Å². The van der Waals surface area contributed by atoms with Gasteiger partial charge in [-0.1, -0.05) is 13.8 Å². The summed E-state index contributed by atoms with van der Waals surface area (Å²) in [6, 6.07) is -0.348. The highest BCUT2D eigenvalue weighted by Crippen LogP contribution is 2.07. The number of aliphatic carboxylic acids is 1. The van der Waals surface area contributed by atoms with Crippen LogP contribution in [0.1, 0.15) is 34.1 Å². The molecule has 0 aromatic rings. The highest BCUT2D eigenvalue weighted by Gasteiger charge is 2.31. The van der Waals surface area contributed by atoms with Gasteiger partial charge in [-0.2, -0.15) is 0 Å². The van der Waals surface area contributed by atoms with E-state index in [0.717, 1.165) is 0 Å². The molecule has 0 rings (SSSR count). The molecule has 0 aliphatic heterocycles. The molecule has 0 heterocycles. The Morgan fingerprint density at radius 3 is 2.12 bits per heavy atom. The SMILES string of the molecule is CN[C@@H](CC(C)C)C(=O)NC(C)(C)C(=O)O. The molecule has 0 aliphatic carbocycles. The van der Waals surface area contributed by atoms with Gasteiger partial charge >= 0.3 is 5.97 Å². The fourth-order valence-electron chi connectivity index (χ4n) is 1.28. The summed E-state index contributed by atoms with van der Waals surface area (Å²) in [6.07, 6.45) is 0.679. The number of carbonyl (C=O) groups excluding carboxylic acids is 1. The van der Waals surface area contributed by atoms with Crippen molar-refractivity contribution in [3.05, 3.63) is 0 Å². The first-order chi connectivity index (χ1) is 7.20. The van der Waals surface area contributed by atoms with E-state index in [9.17, 15) is 9.59 Å². The van der Waals surface area contributed by atoms with Gasteiger partial charge in [0.2, 0.25) is 5.91 Å². The van der Waals surface area contributed by atoms with Crippen LogP contribution in [0, 0.1) is 5.92 Å². The average Bonchev–Trinajstić information content (AvgIpc) is 2.12. The van der Waals surface area contributed by atoms with Gasteiger partial charge in [-0.25, -0.2) is 4.79 Å². The number of hydrogen-bond acceptors (Lipinski definition) is 3. The minimum absolute atomic E-state index is 0.274. The van der Waals surface area contributed by atoms with E-state index in [1.165, 1.54) is 13.8 Å². The quantitative estimate of drug-likeness (QED) is 0.624. The number of likely N-dealkylation sites (N-methyl/N-ethyl adjacent to an activating group) is 1. The summed E-state index contributed by atoms with van der Waals surface area (Å²) in [4.78, 5) is 22.6. The fourth-order valence-corrected chi connectivity index (χ4v) is 1.28. The van der Waals surface area contributed by atoms with Gasteiger partial charge in [-0.05, 0) is 33.2 Å². The molecule has 0 aromatic carbocycles. The lowest BCUT2D eigenvalue weighted by atomic mass is 10.0. The minimum Gasteiger partial charge on any atom is -0.480 e. The van der Waals surface area contributed by atoms with E-state index >= 15 is 0 Å². The molecule has 5 nitrogen and oxygen atoms in total. The Hall–Kier alpha value is -1.10. The molecule has 0 aromatic heterocycles. The second-order valence-electron chi connectivity index (χ2n) is 4.89. The van der Waals surface area contributed by atoms with Gasteiger partial charge in [0.15, 0.2) is 0 Å². The third-order valence-corrected chi connectivity index (χ3v) is 2.34. The summed E-state index contributed by atoms with van der Waals surface area (Å²) >= 11 is 0. The molecule has 5 heteroatoms. The van der Waals surface area contributed by atoms with Crippen molar-refractivity contribution < 1.29 is 14.7 Å². The lowest BCUT2D eigenvalue weighted by Crippen LogP contribution is -2.55. The maximum absolute atomic E-state index is 11.8. The van der Waals surface area contributed by atoms with E-state index in [4.69, 9.17) is 5.11 Å². The van der Waals surface area contributed by atoms with Gasteiger partial charge in [0.05, 0.1) is 6.04 Å². The second-order valence-corrected chi connectivity index (χ2v) is 4.89. The highest BCUT2D eigenvalue weighted by atomic mass is 16.4. The van der Waals surface area contributed by atoms with Crippen LogP contribution >= 0.6 is 0 Å². The lowest BCUT2D eigenvalue weighted by Gasteiger charge is -2.25. The molecule has 0 spiro atoms. The van der Waals surface area contributed by atoms with Gasteiger partial charge in [0.1, 0.15) is 5.54 Å². The molecule has 1 amide bonds. The van der Waals surface area contributed by atoms with Crippen LogP contribution in [0.2, 0.25) is 0 Å². The average molecular weight is 230 g/mol. The van der Waals surface area contributed by atoms with Gasteiger partial charge in [0.25, 0.3) is 0 Å². The Kier molecular flexibility index (Phi) is 5.44. The molecule has 1 atom stereocenters. The Bertz CT molecular complexity index is 262. The molecular formula is C11H22N2O3. The zero-order chi connectivity index (χ0) is 12.9. The molecule has 0 radical (unpaired) electrons. The summed E-state index contributed by atoms with van der Waals surface area (Å²) in [5.41, 5.74) is -1.23. The van der Waals surface area contributed by atoms with E-state index in [1.54, 1.807) is 7.05 Å². The van der Waals surface area contributed by atoms with E-state index in [0.29, 0.717) is 12.3 Å². The molecule has 0 saturated carbocycles. The van der Waals surface area contributed by atoms with Crippen molar-refractivity contribution in [1.82, 2.24) is 10.6 Å². The van der Waals surface area contributed by atoms with Crippen LogP contribution in [0.25, 0.3) is 0 Å². The van der Waals surface area contributed by atoms with Crippen molar-refractivity contribution in [3.8, 4) is 0 Å². The van der Waals surface area contributed by atoms with Crippen LogP contribution in [0.15, 0.2) is 0 Å². The molecule has 0 saturated heterocycles. The molecule has 0 bridgehead atoms. The van der Waals surface area contributed by atoms with E-state index in [2.05, 4.69) is 10.6 Å². The number of amides is 1. The second kappa shape index (κ2) is 5.84. The van der Waals surface area contributed by atoms with E-state index in [1.807, 2.05) is 13.8 Å². The van der Waals surface area contributed by atoms with E-state index in [-0.39, 0.29) is 11.9 Å². The summed E-state index contributed by atoms with van der Waals surface area (Å²) < 4.78 is 0. The Balaban J connectivity index is 4.48. The van der Waals surface area contributed by atoms with Crippen LogP contribution in [0.3, 0.4) is 0 Å². The van der Waals surface area contributed by atoms with Crippen molar-refractivity contribution >= 4 is 11.9 Å². The number of carboxylic acid groups (broad SMARTS) is 1. The van der Waals surface area contributed by atoms with Crippen molar-refractivity contribution in [3.63, 3.8) is 0 Å². The first-order valence-corrected chi connectivity index (χ1v) is 5.43. The largest absolute Gasteiger partial charge is 0.480 e. The molecule has 0 aliphatic rings. The number of rotatable bonds is 6. The van der Waals surface area contributed by atoms with Crippen LogP contribution in [0.4, 0.5) is 0 Å². The third kappa shape index (κ3) is 4.61. The van der Waals surface area contributed by atoms with Crippen molar-refractivity contribution in [1.29, 1.82) is 0 Å². The minimum atomic E-state index is -1.23. The molecular weight excluding hydrogens is 208 g/mol. The van der Waals surface area contributed by atoms with Gasteiger partial charge in [-0.15, -0.1) is 0 Å². The van der Waals surface area contributed by atoms with Crippen molar-refractivity contribution in [2.75, 3.05) is 7.05 Å². The molecule has 3 N–H and O–H groups in total. The third-order valence-electron chi connectivity index (χ3n) is 2.34. The topological polar surface area (TPSA) is 78.4 Å². The molecule has 0 unspecified atom stereocenters. The standard InChI is InChI=1S/C11H22N2O3/c1-7(2)6-8(12-5)9(14)13-11(3,4)10(15)16/h7-8,12H,6H2,1-5H3,(H,13,14)(H,15,16)/t8-/m0/s1. The maximum Gasteiger partial charge on any atom is 0.328 e. The smallest absolute Gasteiger partial charge is 0.328 e. The number of hydrogen-bond donors (Lipinski definition) is 3. The Morgan fingerprint density at radius 2 is 1.81 bits per heavy atom. The van der Waals surface area contributed by atoms with Crippen molar-refractivity contribution in [2.24, 2.45) is 5.92 Å². The maximum atomic E-state index is 11.8. The normalized spacial score (nSPS) is 13.6. The van der Waals surface area contributed by atoms with Gasteiger partial charge in [-0.3, -0.25) is 4.79 Å². The van der Waals surface area contributed by atoms with E-state index < -0.39 is 11.5 Å². The predicted molar refractivity (Wildman–Crippen MR) is 62.2 cm³/mol. The monoisotopic (exact) mass is 230 g/mol. The van der Waals surface area contributed by atoms with Gasteiger partial charge < -0.3 is 15.7 Å². The molecule has 0 fully saturated rings. The van der Waals surface area contributed by atoms with Gasteiger partial charge in [0, 0.05) is 0 Å². The summed E-state index contributed by atoms with van der Waals surface area (Å²) in [5, 5.41) is 14.3. The van der Waals surface area contributed by atoms with Crippen LogP contribution in [0.5, 0.6) is 0 Å². The molecule has 16 heavy (non-hydrogen) atoms. The van der Waals surface area contributed by atoms with Crippen LogP contribution < -0.4 is 10.6 Å². The fraction of sp³-hybridized carbons (Fsp3) is 0.818. The first-order valence-electron chi connectivity index (χ1n) is 5.43. The number of nitrogens with one attached hydrogen (secondary N) is 2. The molecule has 94 valence electrons. The highest BCUT2D eigenvalue weighted by molar-refractivity contribution is 5.88. The lowest BCUT2D eigenvalue weighted by molar-refractivity contribution is -0.146.